The zero-order valence-electron chi connectivity index (χ0n) is 35.3. The highest BCUT2D eigenvalue weighted by molar-refractivity contribution is 6.00. The van der Waals surface area contributed by atoms with Crippen LogP contribution in [0.4, 0.5) is 17.1 Å². The van der Waals surface area contributed by atoms with E-state index in [1.165, 1.54) is 99.8 Å². The van der Waals surface area contributed by atoms with Crippen LogP contribution in [0.25, 0.3) is 66.4 Å². The van der Waals surface area contributed by atoms with Gasteiger partial charge in [-0.15, -0.1) is 0 Å². The number of nitrogens with zero attached hydrogens (tertiary/aromatic N) is 1. The Balaban J connectivity index is 0.959. The fraction of sp³-hybridized carbons (Fsp3) is 0.0645. The third-order valence-electron chi connectivity index (χ3n) is 14.5. The van der Waals surface area contributed by atoms with Crippen molar-refractivity contribution in [2.45, 2.75) is 24.7 Å². The second kappa shape index (κ2) is 13.4. The van der Waals surface area contributed by atoms with E-state index >= 15 is 0 Å². The minimum atomic E-state index is -0.341. The summed E-state index contributed by atoms with van der Waals surface area (Å²) in [5.74, 6) is 0. The Labute approximate surface area is 369 Å². The lowest BCUT2D eigenvalue weighted by molar-refractivity contribution is 0.660. The van der Waals surface area contributed by atoms with Crippen molar-refractivity contribution >= 4 is 27.8 Å². The molecule has 3 aliphatic carbocycles. The first-order valence-electron chi connectivity index (χ1n) is 22.2. The van der Waals surface area contributed by atoms with Crippen molar-refractivity contribution in [2.75, 3.05) is 4.90 Å². The molecule has 1 heteroatoms. The van der Waals surface area contributed by atoms with Crippen molar-refractivity contribution in [1.82, 2.24) is 0 Å². The van der Waals surface area contributed by atoms with Crippen molar-refractivity contribution in [2.24, 2.45) is 0 Å². The number of anilines is 3. The maximum absolute atomic E-state index is 2.45. The highest BCUT2D eigenvalue weighted by Gasteiger charge is 2.51. The molecule has 0 saturated carbocycles. The number of hydrogen-bond donors (Lipinski definition) is 0. The molecule has 63 heavy (non-hydrogen) atoms. The average molecular weight is 802 g/mol. The Morgan fingerprint density at radius 3 is 1.49 bits per heavy atom. The summed E-state index contributed by atoms with van der Waals surface area (Å²) in [4.78, 5) is 2.45. The van der Waals surface area contributed by atoms with Crippen LogP contribution in [0, 0.1) is 0 Å². The fourth-order valence-corrected chi connectivity index (χ4v) is 11.7. The molecule has 0 aromatic heterocycles. The number of fused-ring (bicyclic) bond motifs is 14. The van der Waals surface area contributed by atoms with Crippen LogP contribution in [0.1, 0.15) is 47.2 Å². The van der Waals surface area contributed by atoms with Crippen molar-refractivity contribution in [3.05, 3.63) is 258 Å². The minimum absolute atomic E-state index is 0.0863. The van der Waals surface area contributed by atoms with Gasteiger partial charge in [-0.2, -0.15) is 0 Å². The van der Waals surface area contributed by atoms with Gasteiger partial charge >= 0.3 is 0 Å². The lowest BCUT2D eigenvalue weighted by atomic mass is 9.70. The molecule has 13 rings (SSSR count). The summed E-state index contributed by atoms with van der Waals surface area (Å²) >= 11 is 0. The topological polar surface area (TPSA) is 3.24 Å². The first-order valence-corrected chi connectivity index (χ1v) is 22.2. The Bertz CT molecular complexity index is 3450. The summed E-state index contributed by atoms with van der Waals surface area (Å²) < 4.78 is 0. The van der Waals surface area contributed by atoms with Crippen LogP contribution in [0.3, 0.4) is 0 Å². The van der Waals surface area contributed by atoms with Gasteiger partial charge in [0.1, 0.15) is 0 Å². The normalized spacial score (nSPS) is 14.1. The average Bonchev–Trinajstić information content (AvgIpc) is 3.90. The number of rotatable bonds is 5. The van der Waals surface area contributed by atoms with Gasteiger partial charge in [0.15, 0.2) is 0 Å². The van der Waals surface area contributed by atoms with E-state index in [0.29, 0.717) is 0 Å². The van der Waals surface area contributed by atoms with Crippen LogP contribution in [0.15, 0.2) is 224 Å². The number of para-hydroxylation sites is 1. The fourth-order valence-electron chi connectivity index (χ4n) is 11.7. The molecule has 0 radical (unpaired) electrons. The lowest BCUT2D eigenvalue weighted by Crippen LogP contribution is -2.25. The predicted molar refractivity (Wildman–Crippen MR) is 263 cm³/mol. The standard InChI is InChI=1S/C62H43N/c1-61(2)53-24-10-8-22-51(53)60-50(23-15-28-58(60)61)49-21-9-14-29-59(49)63(45-36-32-40-16-3-4-17-42(40)38-45)44-34-30-41(31-35-44)43-33-37-57-52(39-43)48-20-7-13-27-56(48)62(57)54-25-11-5-18-46(54)47-19-6-12-26-55(47)62/h3-39H,1-2H3. The Morgan fingerprint density at radius 2 is 0.794 bits per heavy atom. The quantitative estimate of drug-likeness (QED) is 0.168. The molecule has 0 fully saturated rings. The molecule has 1 spiro atoms. The van der Waals surface area contributed by atoms with Crippen molar-refractivity contribution in [3.8, 4) is 55.6 Å². The molecule has 0 unspecified atom stereocenters. The molecule has 0 N–H and O–H groups in total. The Kier molecular flexibility index (Phi) is 7.64. The van der Waals surface area contributed by atoms with Gasteiger partial charge in [-0.1, -0.05) is 202 Å². The van der Waals surface area contributed by atoms with Gasteiger partial charge in [-0.3, -0.25) is 0 Å². The molecular formula is C62H43N. The van der Waals surface area contributed by atoms with Crippen LogP contribution in [-0.2, 0) is 10.8 Å². The lowest BCUT2D eigenvalue weighted by Gasteiger charge is -2.30. The molecule has 0 atom stereocenters. The molecule has 0 heterocycles. The monoisotopic (exact) mass is 801 g/mol. The van der Waals surface area contributed by atoms with Crippen LogP contribution in [0.2, 0.25) is 0 Å². The van der Waals surface area contributed by atoms with E-state index in [9.17, 15) is 0 Å². The number of hydrogen-bond acceptors (Lipinski definition) is 1. The molecule has 3 aliphatic rings. The molecule has 1 nitrogen and oxygen atoms in total. The van der Waals surface area contributed by atoms with Gasteiger partial charge < -0.3 is 4.90 Å². The number of benzene rings is 10. The van der Waals surface area contributed by atoms with E-state index in [4.69, 9.17) is 0 Å². The van der Waals surface area contributed by atoms with Crippen molar-refractivity contribution in [3.63, 3.8) is 0 Å². The van der Waals surface area contributed by atoms with Crippen molar-refractivity contribution < 1.29 is 0 Å². The SMILES string of the molecule is CC1(C)c2ccccc2-c2c(-c3ccccc3N(c3ccc(-c4ccc5c(c4)-c4ccccc4C54c5ccccc5-c5ccccc54)cc3)c3ccc4ccccc4c3)cccc21. The molecule has 296 valence electrons. The maximum atomic E-state index is 2.45. The van der Waals surface area contributed by atoms with Gasteiger partial charge in [-0.25, -0.2) is 0 Å². The molecule has 0 aliphatic heterocycles. The molecule has 10 aromatic rings. The van der Waals surface area contributed by atoms with Gasteiger partial charge in [0.2, 0.25) is 0 Å². The van der Waals surface area contributed by atoms with E-state index in [1.54, 1.807) is 0 Å². The predicted octanol–water partition coefficient (Wildman–Crippen LogP) is 16.3. The van der Waals surface area contributed by atoms with Crippen molar-refractivity contribution in [1.29, 1.82) is 0 Å². The third kappa shape index (κ3) is 4.99. The first-order chi connectivity index (χ1) is 31.0. The molecule has 0 bridgehead atoms. The summed E-state index contributed by atoms with van der Waals surface area (Å²) in [6.07, 6.45) is 0. The molecule has 0 amide bonds. The van der Waals surface area contributed by atoms with Gasteiger partial charge in [0.25, 0.3) is 0 Å². The third-order valence-corrected chi connectivity index (χ3v) is 14.5. The summed E-state index contributed by atoms with van der Waals surface area (Å²) in [6, 6.07) is 83.9. The van der Waals surface area contributed by atoms with E-state index in [1.807, 2.05) is 0 Å². The summed E-state index contributed by atoms with van der Waals surface area (Å²) in [5.41, 5.74) is 24.0. The summed E-state index contributed by atoms with van der Waals surface area (Å²) in [6.45, 7) is 4.72. The zero-order valence-corrected chi connectivity index (χ0v) is 35.3. The van der Waals surface area contributed by atoms with E-state index in [-0.39, 0.29) is 10.8 Å². The highest BCUT2D eigenvalue weighted by atomic mass is 15.1. The summed E-state index contributed by atoms with van der Waals surface area (Å²) in [7, 11) is 0. The van der Waals surface area contributed by atoms with Gasteiger partial charge in [0, 0.05) is 22.4 Å². The smallest absolute Gasteiger partial charge is 0.0725 e. The largest absolute Gasteiger partial charge is 0.310 e. The molecular weight excluding hydrogens is 759 g/mol. The summed E-state index contributed by atoms with van der Waals surface area (Å²) in [5, 5.41) is 2.45. The second-order valence-electron chi connectivity index (χ2n) is 18.0. The molecule has 0 saturated heterocycles. The van der Waals surface area contributed by atoms with Crippen LogP contribution < -0.4 is 4.90 Å². The maximum Gasteiger partial charge on any atom is 0.0725 e. The Morgan fingerprint density at radius 1 is 0.302 bits per heavy atom. The minimum Gasteiger partial charge on any atom is -0.310 e. The van der Waals surface area contributed by atoms with E-state index in [2.05, 4.69) is 243 Å². The van der Waals surface area contributed by atoms with E-state index < -0.39 is 0 Å². The van der Waals surface area contributed by atoms with Gasteiger partial charge in [0.05, 0.1) is 11.1 Å². The van der Waals surface area contributed by atoms with E-state index in [0.717, 1.165) is 17.1 Å². The zero-order chi connectivity index (χ0) is 41.9. The Hall–Kier alpha value is -7.74. The molecule has 10 aromatic carbocycles. The van der Waals surface area contributed by atoms with Crippen LogP contribution in [0.5, 0.6) is 0 Å². The van der Waals surface area contributed by atoms with Crippen LogP contribution in [-0.4, -0.2) is 0 Å². The second-order valence-corrected chi connectivity index (χ2v) is 18.0. The van der Waals surface area contributed by atoms with Gasteiger partial charge in [-0.05, 0) is 131 Å². The van der Waals surface area contributed by atoms with Crippen LogP contribution >= 0.6 is 0 Å². The highest BCUT2D eigenvalue weighted by Crippen LogP contribution is 2.63. The first kappa shape index (κ1) is 36.0.